The number of carbonyl (C=O) groups excluding carboxylic acids is 1. The van der Waals surface area contributed by atoms with E-state index >= 15 is 0 Å². The van der Waals surface area contributed by atoms with Gasteiger partial charge in [-0.15, -0.1) is 11.3 Å². The van der Waals surface area contributed by atoms with Crippen molar-refractivity contribution in [1.82, 2.24) is 9.80 Å². The molecule has 0 aliphatic carbocycles. The molecule has 5 aromatic rings. The molecule has 0 radical (unpaired) electrons. The number of fused-ring (bicyclic) bond motifs is 1. The van der Waals surface area contributed by atoms with Crippen LogP contribution in [0.3, 0.4) is 0 Å². The van der Waals surface area contributed by atoms with Gasteiger partial charge in [0.05, 0.1) is 4.88 Å². The third-order valence-electron chi connectivity index (χ3n) is 9.25. The van der Waals surface area contributed by atoms with Crippen LogP contribution < -0.4 is 9.47 Å². The van der Waals surface area contributed by atoms with Gasteiger partial charge in [0.1, 0.15) is 23.7 Å². The maximum absolute atomic E-state index is 12.3. The van der Waals surface area contributed by atoms with Crippen LogP contribution in [-0.4, -0.2) is 54.2 Å². The van der Waals surface area contributed by atoms with Crippen LogP contribution in [0.5, 0.6) is 17.2 Å². The van der Waals surface area contributed by atoms with E-state index in [0.29, 0.717) is 18.4 Å². The maximum Gasteiger partial charge on any atom is 0.410 e. The van der Waals surface area contributed by atoms with Crippen LogP contribution in [-0.2, 0) is 11.3 Å². The highest BCUT2D eigenvalue weighted by Gasteiger charge is 2.35. The zero-order valence-corrected chi connectivity index (χ0v) is 30.8. The van der Waals surface area contributed by atoms with Crippen LogP contribution in [0, 0.1) is 5.92 Å². The van der Waals surface area contributed by atoms with E-state index in [1.807, 2.05) is 49.9 Å². The van der Waals surface area contributed by atoms with E-state index in [0.717, 1.165) is 93.4 Å². The summed E-state index contributed by atoms with van der Waals surface area (Å²) in [5, 5.41) is 1.08. The number of rotatable bonds is 9. The molecule has 8 heteroatoms. The average molecular weight is 740 g/mol. The van der Waals surface area contributed by atoms with Crippen LogP contribution in [0.4, 0.5) is 4.79 Å². The van der Waals surface area contributed by atoms with Gasteiger partial charge in [0, 0.05) is 40.1 Å². The number of nitrogens with zero attached hydrogens (tertiary/aromatic N) is 2. The monoisotopic (exact) mass is 738 g/mol. The Kier molecular flexibility index (Phi) is 9.99. The summed E-state index contributed by atoms with van der Waals surface area (Å²) in [5.41, 5.74) is 3.19. The minimum Gasteiger partial charge on any atom is -0.489 e. The first-order valence-electron chi connectivity index (χ1n) is 17.1. The Labute approximate surface area is 301 Å². The molecule has 0 bridgehead atoms. The minimum absolute atomic E-state index is 0.190. The predicted octanol–water partition coefficient (Wildman–Crippen LogP) is 10.7. The molecule has 2 aliphatic rings. The summed E-state index contributed by atoms with van der Waals surface area (Å²) < 4.78 is 20.5. The van der Waals surface area contributed by atoms with E-state index in [9.17, 15) is 4.79 Å². The van der Waals surface area contributed by atoms with Crippen molar-refractivity contribution in [3.05, 3.63) is 113 Å². The van der Waals surface area contributed by atoms with Crippen LogP contribution in [0.1, 0.15) is 50.7 Å². The summed E-state index contributed by atoms with van der Waals surface area (Å²) in [7, 11) is 0. The summed E-state index contributed by atoms with van der Waals surface area (Å²) in [6.45, 7) is 11.1. The third kappa shape index (κ3) is 8.31. The van der Waals surface area contributed by atoms with Crippen LogP contribution >= 0.6 is 27.3 Å². The van der Waals surface area contributed by atoms with Gasteiger partial charge in [-0.1, -0.05) is 70.5 Å². The van der Waals surface area contributed by atoms with Crippen molar-refractivity contribution in [2.24, 2.45) is 5.92 Å². The van der Waals surface area contributed by atoms with E-state index in [1.54, 1.807) is 11.3 Å². The number of hydrogen-bond acceptors (Lipinski definition) is 6. The Morgan fingerprint density at radius 2 is 1.57 bits per heavy atom. The second kappa shape index (κ2) is 14.6. The highest BCUT2D eigenvalue weighted by atomic mass is 79.9. The topological polar surface area (TPSA) is 51.2 Å². The van der Waals surface area contributed by atoms with Gasteiger partial charge in [-0.2, -0.15) is 0 Å². The Balaban J connectivity index is 0.989. The van der Waals surface area contributed by atoms with E-state index in [1.165, 1.54) is 5.56 Å². The van der Waals surface area contributed by atoms with Crippen molar-refractivity contribution in [2.75, 3.05) is 32.7 Å². The number of thiophene rings is 1. The highest BCUT2D eigenvalue weighted by molar-refractivity contribution is 9.10. The molecular weight excluding hydrogens is 696 g/mol. The first kappa shape index (κ1) is 33.6. The first-order valence-corrected chi connectivity index (χ1v) is 18.7. The number of ether oxygens (including phenoxy) is 3. The Morgan fingerprint density at radius 3 is 2.27 bits per heavy atom. The number of carbonyl (C=O) groups is 1. The van der Waals surface area contributed by atoms with Gasteiger partial charge in [0.15, 0.2) is 5.75 Å². The second-order valence-electron chi connectivity index (χ2n) is 14.2. The van der Waals surface area contributed by atoms with Crippen molar-refractivity contribution in [3.63, 3.8) is 0 Å². The van der Waals surface area contributed by atoms with Gasteiger partial charge >= 0.3 is 6.09 Å². The molecule has 0 N–H and O–H groups in total. The molecule has 0 unspecified atom stereocenters. The number of piperidine rings is 1. The van der Waals surface area contributed by atoms with Gasteiger partial charge in [-0.05, 0) is 112 Å². The molecule has 0 saturated carbocycles. The zero-order valence-electron chi connectivity index (χ0n) is 28.4. The highest BCUT2D eigenvalue weighted by Crippen LogP contribution is 2.47. The van der Waals surface area contributed by atoms with Crippen LogP contribution in [0.2, 0.25) is 0 Å². The summed E-state index contributed by atoms with van der Waals surface area (Å²) in [4.78, 5) is 17.8. The van der Waals surface area contributed by atoms with Crippen molar-refractivity contribution >= 4 is 43.4 Å². The molecule has 6 nitrogen and oxygen atoms in total. The lowest BCUT2D eigenvalue weighted by Crippen LogP contribution is -2.55. The lowest BCUT2D eigenvalue weighted by molar-refractivity contribution is -0.00750. The van der Waals surface area contributed by atoms with E-state index in [4.69, 9.17) is 14.2 Å². The molecule has 7 rings (SSSR count). The normalized spacial score (nSPS) is 16.0. The number of halogens is 1. The van der Waals surface area contributed by atoms with E-state index in [-0.39, 0.29) is 6.09 Å². The number of amides is 1. The molecule has 2 fully saturated rings. The fourth-order valence-corrected chi connectivity index (χ4v) is 8.11. The maximum atomic E-state index is 12.3. The molecule has 1 amide bonds. The molecule has 49 heavy (non-hydrogen) atoms. The van der Waals surface area contributed by atoms with E-state index in [2.05, 4.69) is 93.6 Å². The van der Waals surface area contributed by atoms with Gasteiger partial charge in [0.2, 0.25) is 0 Å². The van der Waals surface area contributed by atoms with Crippen molar-refractivity contribution < 1.29 is 19.0 Å². The lowest BCUT2D eigenvalue weighted by atomic mass is 9.88. The molecule has 0 atom stereocenters. The molecule has 2 aliphatic heterocycles. The van der Waals surface area contributed by atoms with Crippen molar-refractivity contribution in [1.29, 1.82) is 0 Å². The Hall–Kier alpha value is -3.85. The number of hydrogen-bond donors (Lipinski definition) is 0. The quantitative estimate of drug-likeness (QED) is 0.151. The fraction of sp³-hybridized carbons (Fsp3) is 0.341. The predicted molar refractivity (Wildman–Crippen MR) is 202 cm³/mol. The molecule has 2 saturated heterocycles. The number of benzene rings is 4. The smallest absolute Gasteiger partial charge is 0.410 e. The lowest BCUT2D eigenvalue weighted by Gasteiger charge is -2.43. The van der Waals surface area contributed by atoms with Gasteiger partial charge in [-0.25, -0.2) is 4.79 Å². The fourth-order valence-electron chi connectivity index (χ4n) is 6.68. The van der Waals surface area contributed by atoms with Gasteiger partial charge in [-0.3, -0.25) is 0 Å². The second-order valence-corrected chi connectivity index (χ2v) is 16.2. The SMILES string of the molecule is CC(C)(C)OC(=O)N1CC(CN2CCC(c3ccc(Oc4c(-c5ccc(Br)cc5)sc5cc(OCc6ccccc6)ccc45)cc3)CC2)C1. The molecular formula is C41H43BrN2O4S. The largest absolute Gasteiger partial charge is 0.489 e. The third-order valence-corrected chi connectivity index (χ3v) is 11.0. The molecule has 4 aromatic carbocycles. The molecule has 0 spiro atoms. The molecule has 1 aromatic heterocycles. The summed E-state index contributed by atoms with van der Waals surface area (Å²) >= 11 is 5.31. The zero-order chi connectivity index (χ0) is 34.0. The minimum atomic E-state index is -0.446. The van der Waals surface area contributed by atoms with Gasteiger partial charge < -0.3 is 24.0 Å². The molecule has 3 heterocycles. The average Bonchev–Trinajstić information content (AvgIpc) is 3.43. The molecule has 254 valence electrons. The summed E-state index contributed by atoms with van der Waals surface area (Å²) in [6, 6.07) is 33.6. The van der Waals surface area contributed by atoms with Crippen LogP contribution in [0.25, 0.3) is 20.5 Å². The van der Waals surface area contributed by atoms with Gasteiger partial charge in [0.25, 0.3) is 0 Å². The summed E-state index contributed by atoms with van der Waals surface area (Å²) in [5.74, 6) is 3.63. The van der Waals surface area contributed by atoms with Crippen LogP contribution in [0.15, 0.2) is 102 Å². The Morgan fingerprint density at radius 1 is 0.878 bits per heavy atom. The Bertz CT molecular complexity index is 1870. The number of likely N-dealkylation sites (tertiary alicyclic amines) is 2. The van der Waals surface area contributed by atoms with E-state index < -0.39 is 5.60 Å². The van der Waals surface area contributed by atoms with Crippen molar-refractivity contribution in [2.45, 2.75) is 51.7 Å². The van der Waals surface area contributed by atoms with Crippen molar-refractivity contribution in [3.8, 4) is 27.7 Å². The standard InChI is InChI=1S/C41H43BrN2O4S/c1-41(2,3)48-40(45)44-25-29(26-44)24-43-21-19-31(20-22-43)30-11-15-34(16-12-30)47-38-36-18-17-35(46-27-28-7-5-4-6-8-28)23-37(36)49-39(38)32-9-13-33(42)14-10-32/h4-18,23,29,31H,19-22,24-27H2,1-3H3. The summed E-state index contributed by atoms with van der Waals surface area (Å²) in [6.07, 6.45) is 2.09. The first-order chi connectivity index (χ1) is 23.7.